The molecule has 0 amide bonds. The fourth-order valence-corrected chi connectivity index (χ4v) is 7.19. The van der Waals surface area contributed by atoms with Crippen LogP contribution in [0.15, 0.2) is 205 Å². The molecule has 2 nitrogen and oxygen atoms in total. The summed E-state index contributed by atoms with van der Waals surface area (Å²) in [5.74, 6) is 0. The van der Waals surface area contributed by atoms with E-state index in [9.17, 15) is 0 Å². The van der Waals surface area contributed by atoms with E-state index in [0.717, 1.165) is 50.1 Å². The first-order valence-electron chi connectivity index (χ1n) is 17.0. The molecule has 0 radical (unpaired) electrons. The molecule has 0 saturated carbocycles. The number of rotatable bonds is 7. The standard InChI is InChI=1S/C48H33NO/c1-4-17-34(18-5-1)36-31-32-40(44(33-36)39-24-11-10-23-38(39)35-19-6-2-7-20-35)41-25-12-14-28-45(41)49(37-21-8-3-9-22-37)46-29-16-27-43-42-26-13-15-30-47(42)50-48(43)46/h1-33H. The minimum atomic E-state index is 0.862. The van der Waals surface area contributed by atoms with Crippen molar-refractivity contribution in [3.05, 3.63) is 200 Å². The quantitative estimate of drug-likeness (QED) is 0.173. The van der Waals surface area contributed by atoms with Crippen molar-refractivity contribution < 1.29 is 4.42 Å². The number of fused-ring (bicyclic) bond motifs is 3. The smallest absolute Gasteiger partial charge is 0.159 e. The molecule has 0 unspecified atom stereocenters. The molecule has 0 atom stereocenters. The van der Waals surface area contributed by atoms with Crippen LogP contribution in [-0.4, -0.2) is 0 Å². The first-order valence-corrected chi connectivity index (χ1v) is 17.0. The van der Waals surface area contributed by atoms with Gasteiger partial charge in [0.1, 0.15) is 5.58 Å². The minimum absolute atomic E-state index is 0.862. The number of para-hydroxylation sites is 4. The molecule has 2 heteroatoms. The summed E-state index contributed by atoms with van der Waals surface area (Å²) in [6.45, 7) is 0. The van der Waals surface area contributed by atoms with Crippen molar-refractivity contribution in [2.45, 2.75) is 0 Å². The van der Waals surface area contributed by atoms with Crippen molar-refractivity contribution in [2.24, 2.45) is 0 Å². The Kier molecular flexibility index (Phi) is 7.53. The molecule has 0 aliphatic heterocycles. The Bertz CT molecular complexity index is 2590. The molecule has 0 spiro atoms. The first kappa shape index (κ1) is 29.5. The van der Waals surface area contributed by atoms with Gasteiger partial charge < -0.3 is 9.32 Å². The third-order valence-electron chi connectivity index (χ3n) is 9.50. The highest BCUT2D eigenvalue weighted by Gasteiger charge is 2.23. The molecule has 8 aromatic carbocycles. The molecule has 0 fully saturated rings. The highest BCUT2D eigenvalue weighted by molar-refractivity contribution is 6.11. The Morgan fingerprint density at radius 1 is 0.320 bits per heavy atom. The van der Waals surface area contributed by atoms with Gasteiger partial charge in [0.15, 0.2) is 5.58 Å². The largest absolute Gasteiger partial charge is 0.454 e. The zero-order valence-corrected chi connectivity index (χ0v) is 27.4. The van der Waals surface area contributed by atoms with E-state index in [4.69, 9.17) is 4.42 Å². The van der Waals surface area contributed by atoms with E-state index in [1.54, 1.807) is 0 Å². The van der Waals surface area contributed by atoms with Gasteiger partial charge in [-0.15, -0.1) is 0 Å². The Labute approximate surface area is 292 Å². The summed E-state index contributed by atoms with van der Waals surface area (Å²) in [5, 5.41) is 2.21. The first-order chi connectivity index (χ1) is 24.8. The lowest BCUT2D eigenvalue weighted by molar-refractivity contribution is 0.669. The average Bonchev–Trinajstić information content (AvgIpc) is 3.59. The van der Waals surface area contributed by atoms with Crippen molar-refractivity contribution in [3.63, 3.8) is 0 Å². The molecule has 9 rings (SSSR count). The lowest BCUT2D eigenvalue weighted by Gasteiger charge is -2.28. The summed E-state index contributed by atoms with van der Waals surface area (Å²) in [6.07, 6.45) is 0. The van der Waals surface area contributed by atoms with Crippen LogP contribution in [0.25, 0.3) is 66.4 Å². The van der Waals surface area contributed by atoms with E-state index in [-0.39, 0.29) is 0 Å². The van der Waals surface area contributed by atoms with Crippen molar-refractivity contribution in [1.82, 2.24) is 0 Å². The molecule has 0 saturated heterocycles. The maximum absolute atomic E-state index is 6.63. The van der Waals surface area contributed by atoms with Gasteiger partial charge in [0.2, 0.25) is 0 Å². The number of anilines is 3. The highest BCUT2D eigenvalue weighted by Crippen LogP contribution is 2.48. The van der Waals surface area contributed by atoms with E-state index < -0.39 is 0 Å². The number of hydrogen-bond acceptors (Lipinski definition) is 2. The molecule has 50 heavy (non-hydrogen) atoms. The summed E-state index contributed by atoms with van der Waals surface area (Å²) < 4.78 is 6.63. The molecular weight excluding hydrogens is 607 g/mol. The van der Waals surface area contributed by atoms with Crippen LogP contribution in [0.2, 0.25) is 0 Å². The van der Waals surface area contributed by atoms with Gasteiger partial charge in [0.25, 0.3) is 0 Å². The second-order valence-electron chi connectivity index (χ2n) is 12.5. The fourth-order valence-electron chi connectivity index (χ4n) is 7.19. The zero-order valence-electron chi connectivity index (χ0n) is 27.4. The third-order valence-corrected chi connectivity index (χ3v) is 9.50. The second-order valence-corrected chi connectivity index (χ2v) is 12.5. The van der Waals surface area contributed by atoms with Gasteiger partial charge in [-0.05, 0) is 75.3 Å². The molecular formula is C48H33NO. The van der Waals surface area contributed by atoms with Crippen LogP contribution >= 0.6 is 0 Å². The molecule has 1 aromatic heterocycles. The topological polar surface area (TPSA) is 16.4 Å². The molecule has 9 aromatic rings. The van der Waals surface area contributed by atoms with Crippen molar-refractivity contribution >= 4 is 39.0 Å². The fraction of sp³-hybridized carbons (Fsp3) is 0. The number of hydrogen-bond donors (Lipinski definition) is 0. The van der Waals surface area contributed by atoms with E-state index in [1.807, 2.05) is 12.1 Å². The molecule has 0 aliphatic rings. The van der Waals surface area contributed by atoms with Gasteiger partial charge in [-0.1, -0.05) is 164 Å². The predicted molar refractivity (Wildman–Crippen MR) is 210 cm³/mol. The van der Waals surface area contributed by atoms with Crippen LogP contribution in [0, 0.1) is 0 Å². The number of nitrogens with zero attached hydrogens (tertiary/aromatic N) is 1. The number of furan rings is 1. The Morgan fingerprint density at radius 2 is 0.880 bits per heavy atom. The third kappa shape index (κ3) is 5.24. The van der Waals surface area contributed by atoms with Gasteiger partial charge in [0.05, 0.1) is 11.4 Å². The lowest BCUT2D eigenvalue weighted by Crippen LogP contribution is -2.11. The van der Waals surface area contributed by atoms with Crippen LogP contribution in [-0.2, 0) is 0 Å². The summed E-state index contributed by atoms with van der Waals surface area (Å²) in [4.78, 5) is 2.35. The van der Waals surface area contributed by atoms with E-state index in [1.165, 1.54) is 33.4 Å². The maximum atomic E-state index is 6.63. The SMILES string of the molecule is c1ccc(-c2ccc(-c3ccccc3N(c3ccccc3)c3cccc4c3oc3ccccc34)c(-c3ccccc3-c3ccccc3)c2)cc1. The number of benzene rings is 8. The minimum Gasteiger partial charge on any atom is -0.454 e. The van der Waals surface area contributed by atoms with Crippen molar-refractivity contribution in [1.29, 1.82) is 0 Å². The van der Waals surface area contributed by atoms with Crippen LogP contribution in [0.1, 0.15) is 0 Å². The Morgan fingerprint density at radius 3 is 1.66 bits per heavy atom. The van der Waals surface area contributed by atoms with Crippen LogP contribution in [0.5, 0.6) is 0 Å². The average molecular weight is 640 g/mol. The molecule has 1 heterocycles. The monoisotopic (exact) mass is 639 g/mol. The summed E-state index contributed by atoms with van der Waals surface area (Å²) in [6, 6.07) is 71.1. The highest BCUT2D eigenvalue weighted by atomic mass is 16.3. The zero-order chi connectivity index (χ0) is 33.3. The molecule has 0 bridgehead atoms. The van der Waals surface area contributed by atoms with Crippen LogP contribution < -0.4 is 4.90 Å². The van der Waals surface area contributed by atoms with Gasteiger partial charge >= 0.3 is 0 Å². The Hall–Kier alpha value is -6.64. The maximum Gasteiger partial charge on any atom is 0.159 e. The predicted octanol–water partition coefficient (Wildman–Crippen LogP) is 13.7. The van der Waals surface area contributed by atoms with E-state index >= 15 is 0 Å². The van der Waals surface area contributed by atoms with Gasteiger partial charge in [-0.25, -0.2) is 0 Å². The normalized spacial score (nSPS) is 11.2. The Balaban J connectivity index is 1.32. The van der Waals surface area contributed by atoms with E-state index in [0.29, 0.717) is 0 Å². The van der Waals surface area contributed by atoms with Crippen LogP contribution in [0.3, 0.4) is 0 Å². The van der Waals surface area contributed by atoms with Gasteiger partial charge in [0, 0.05) is 22.0 Å². The molecule has 236 valence electrons. The summed E-state index contributed by atoms with van der Waals surface area (Å²) in [5.41, 5.74) is 14.3. The molecule has 0 N–H and O–H groups in total. The van der Waals surface area contributed by atoms with Crippen molar-refractivity contribution in [3.8, 4) is 44.5 Å². The van der Waals surface area contributed by atoms with Gasteiger partial charge in [-0.2, -0.15) is 0 Å². The molecule has 0 aliphatic carbocycles. The van der Waals surface area contributed by atoms with E-state index in [2.05, 4.69) is 193 Å². The second kappa shape index (κ2) is 12.8. The lowest BCUT2D eigenvalue weighted by atomic mass is 9.86. The van der Waals surface area contributed by atoms with Crippen molar-refractivity contribution in [2.75, 3.05) is 4.90 Å². The summed E-state index contributed by atoms with van der Waals surface area (Å²) >= 11 is 0. The summed E-state index contributed by atoms with van der Waals surface area (Å²) in [7, 11) is 0. The van der Waals surface area contributed by atoms with Gasteiger partial charge in [-0.3, -0.25) is 0 Å². The van der Waals surface area contributed by atoms with Crippen LogP contribution in [0.4, 0.5) is 17.1 Å².